The summed E-state index contributed by atoms with van der Waals surface area (Å²) in [7, 11) is 0. The van der Waals surface area contributed by atoms with Crippen molar-refractivity contribution in [2.45, 2.75) is 11.5 Å². The van der Waals surface area contributed by atoms with Crippen molar-refractivity contribution in [1.29, 1.82) is 5.26 Å². The van der Waals surface area contributed by atoms with Crippen LogP contribution in [0, 0.1) is 17.9 Å². The van der Waals surface area contributed by atoms with Gasteiger partial charge in [0.25, 0.3) is 0 Å². The molecule has 2 heterocycles. The average Bonchev–Trinajstić information content (AvgIpc) is 3.08. The van der Waals surface area contributed by atoms with Crippen LogP contribution < -0.4 is 9.05 Å². The summed E-state index contributed by atoms with van der Waals surface area (Å²) in [4.78, 5) is 14.2. The molecule has 0 atom stereocenters. The molecule has 0 unspecified atom stereocenters. The van der Waals surface area contributed by atoms with Gasteiger partial charge in [-0.2, -0.15) is 0 Å². The van der Waals surface area contributed by atoms with Crippen LogP contribution >= 0.6 is 0 Å². The van der Waals surface area contributed by atoms with Crippen LogP contribution in [-0.4, -0.2) is 23.2 Å². The number of benzene rings is 4. The Labute approximate surface area is 255 Å². The van der Waals surface area contributed by atoms with Crippen LogP contribution in [0.15, 0.2) is 133 Å². The van der Waals surface area contributed by atoms with Crippen LogP contribution in [0.25, 0.3) is 49.6 Å². The first-order chi connectivity index (χ1) is 20.9. The van der Waals surface area contributed by atoms with Crippen LogP contribution in [0.1, 0.15) is 5.56 Å². The minimum absolute atomic E-state index is 0.591. The van der Waals surface area contributed by atoms with Crippen molar-refractivity contribution in [2.24, 2.45) is 0 Å². The zero-order valence-electron chi connectivity index (χ0n) is 24.0. The van der Waals surface area contributed by atoms with Gasteiger partial charge in [0.15, 0.2) is 0 Å². The van der Waals surface area contributed by atoms with E-state index in [-0.39, 0.29) is 0 Å². The quantitative estimate of drug-likeness (QED) is 0.140. The van der Waals surface area contributed by atoms with E-state index in [1.54, 1.807) is 0 Å². The van der Waals surface area contributed by atoms with Crippen molar-refractivity contribution in [3.8, 4) is 50.8 Å². The molecule has 0 spiro atoms. The Bertz CT molecular complexity index is 1870. The van der Waals surface area contributed by atoms with E-state index in [4.69, 9.17) is 16.5 Å². The number of rotatable bonds is 6. The first-order valence-corrected chi connectivity index (χ1v) is 20.4. The van der Waals surface area contributed by atoms with E-state index in [0.29, 0.717) is 11.3 Å². The van der Waals surface area contributed by atoms with Crippen LogP contribution in [0.4, 0.5) is 5.69 Å². The van der Waals surface area contributed by atoms with Crippen LogP contribution in [0.3, 0.4) is 0 Å². The molecule has 4 nitrogen and oxygen atoms in total. The van der Waals surface area contributed by atoms with Crippen LogP contribution in [0.2, 0.25) is 11.5 Å². The number of pyridine rings is 2. The van der Waals surface area contributed by atoms with Gasteiger partial charge in [0.1, 0.15) is 0 Å². The van der Waals surface area contributed by atoms with Crippen molar-refractivity contribution in [1.82, 2.24) is 9.97 Å². The third kappa shape index (κ3) is 5.88. The molecule has 0 saturated heterocycles. The number of hydrogen-bond donors (Lipinski definition) is 0. The molecule has 0 bridgehead atoms. The van der Waals surface area contributed by atoms with Crippen molar-refractivity contribution >= 4 is 28.0 Å². The second kappa shape index (κ2) is 11.9. The summed E-state index contributed by atoms with van der Waals surface area (Å²) in [5.74, 6) is 4.67. The van der Waals surface area contributed by atoms with E-state index in [1.807, 2.05) is 84.9 Å². The molecule has 0 aliphatic heterocycles. The molecule has 0 radical (unpaired) electrons. The molecule has 0 fully saturated rings. The molecule has 2 aromatic heterocycles. The molecule has 0 saturated carbocycles. The van der Waals surface area contributed by atoms with Crippen molar-refractivity contribution < 1.29 is 0 Å². The molecule has 6 rings (SSSR count). The first kappa shape index (κ1) is 27.9. The van der Waals surface area contributed by atoms with Gasteiger partial charge in [-0.15, -0.1) is 0 Å². The van der Waals surface area contributed by atoms with Gasteiger partial charge in [0.05, 0.1) is 0 Å². The van der Waals surface area contributed by atoms with E-state index >= 15 is 0 Å². The van der Waals surface area contributed by atoms with E-state index in [1.165, 1.54) is 0 Å². The fraction of sp³-hybridized carbons (Fsp3) is 0.0526. The standard InChI is InChI=1S/C38H28GeN4/c1-39(2,37-24-32(28-13-6-4-7-14-28)22-35(42-37)30-17-10-12-27(20-30)26-40)38-25-33(29-15-8-5-9-16-29)23-36(43-38)31-18-11-19-34(21-31)41-3/h4-25H,1-2H3. The minimum atomic E-state index is -3.17. The second-order valence-electron chi connectivity index (χ2n) is 11.0. The van der Waals surface area contributed by atoms with E-state index in [0.717, 1.165) is 53.8 Å². The van der Waals surface area contributed by atoms with E-state index in [2.05, 4.69) is 71.0 Å². The van der Waals surface area contributed by atoms with Gasteiger partial charge < -0.3 is 0 Å². The number of hydrogen-bond acceptors (Lipinski definition) is 3. The van der Waals surface area contributed by atoms with E-state index < -0.39 is 13.3 Å². The Kier molecular flexibility index (Phi) is 7.71. The summed E-state index contributed by atoms with van der Waals surface area (Å²) in [5, 5.41) is 9.56. The zero-order chi connectivity index (χ0) is 29.8. The van der Waals surface area contributed by atoms with Crippen LogP contribution in [-0.2, 0) is 0 Å². The summed E-state index contributed by atoms with van der Waals surface area (Å²) in [6.07, 6.45) is 0. The monoisotopic (exact) mass is 614 g/mol. The van der Waals surface area contributed by atoms with Crippen molar-refractivity contribution in [3.63, 3.8) is 0 Å². The molecule has 0 aliphatic carbocycles. The number of nitriles is 1. The molecular weight excluding hydrogens is 585 g/mol. The summed E-state index contributed by atoms with van der Waals surface area (Å²) in [6.45, 7) is 7.53. The van der Waals surface area contributed by atoms with Gasteiger partial charge in [0.2, 0.25) is 0 Å². The molecule has 5 heteroatoms. The Balaban J connectivity index is 1.57. The fourth-order valence-corrected chi connectivity index (χ4v) is 9.60. The molecule has 0 amide bonds. The van der Waals surface area contributed by atoms with Crippen molar-refractivity contribution in [2.75, 3.05) is 0 Å². The van der Waals surface area contributed by atoms with Gasteiger partial charge >= 0.3 is 256 Å². The van der Waals surface area contributed by atoms with Crippen molar-refractivity contribution in [3.05, 3.63) is 150 Å². The normalized spacial score (nSPS) is 11.0. The first-order valence-electron chi connectivity index (χ1n) is 14.1. The molecule has 204 valence electrons. The Morgan fingerprint density at radius 2 is 1.05 bits per heavy atom. The number of aromatic nitrogens is 2. The molecule has 0 aliphatic rings. The van der Waals surface area contributed by atoms with Crippen LogP contribution in [0.5, 0.6) is 0 Å². The Morgan fingerprint density at radius 1 is 0.558 bits per heavy atom. The Morgan fingerprint density at radius 3 is 1.56 bits per heavy atom. The zero-order valence-corrected chi connectivity index (χ0v) is 26.1. The van der Waals surface area contributed by atoms with Gasteiger partial charge in [-0.25, -0.2) is 0 Å². The molecule has 6 aromatic rings. The summed E-state index contributed by atoms with van der Waals surface area (Å²) >= 11 is -3.17. The van der Waals surface area contributed by atoms with Gasteiger partial charge in [-0.05, 0) is 0 Å². The van der Waals surface area contributed by atoms with Gasteiger partial charge in [0, 0.05) is 0 Å². The maximum absolute atomic E-state index is 9.56. The average molecular weight is 613 g/mol. The third-order valence-corrected chi connectivity index (χ3v) is 14.2. The summed E-state index contributed by atoms with van der Waals surface area (Å²) < 4.78 is 2.11. The topological polar surface area (TPSA) is 53.9 Å². The summed E-state index contributed by atoms with van der Waals surface area (Å²) in [5.41, 5.74) is 9.14. The Hall–Kier alpha value is -5.30. The predicted molar refractivity (Wildman–Crippen MR) is 178 cm³/mol. The molecule has 4 aromatic carbocycles. The van der Waals surface area contributed by atoms with Gasteiger partial charge in [-0.3, -0.25) is 0 Å². The molecule has 0 N–H and O–H groups in total. The summed E-state index contributed by atoms with van der Waals surface area (Å²) in [6, 6.07) is 47.0. The molecular formula is C38H28GeN4. The fourth-order valence-electron chi connectivity index (χ4n) is 5.21. The SMILES string of the molecule is [C-]#[N+]c1cccc(-c2cc(-c3ccccc3)c[c]([Ge]([CH3])([CH3])[c]3cc(-c4ccccc4)cc(-c4cccc(C#N)c4)n3)n2)c1. The number of nitrogens with zero attached hydrogens (tertiary/aromatic N) is 4. The maximum atomic E-state index is 9.56. The second-order valence-corrected chi connectivity index (χ2v) is 19.9. The van der Waals surface area contributed by atoms with E-state index in [9.17, 15) is 5.26 Å². The third-order valence-electron chi connectivity index (χ3n) is 7.70. The van der Waals surface area contributed by atoms with Gasteiger partial charge in [-0.1, -0.05) is 0 Å². The predicted octanol–water partition coefficient (Wildman–Crippen LogP) is 8.39. The molecule has 43 heavy (non-hydrogen) atoms.